The monoisotopic (exact) mass is 455 g/mol. The van der Waals surface area contributed by atoms with Crippen LogP contribution in [-0.2, 0) is 0 Å². The molecule has 0 aromatic heterocycles. The van der Waals surface area contributed by atoms with Crippen LogP contribution in [0.15, 0.2) is 40.9 Å². The number of hydrogen-bond donors (Lipinski definition) is 2. The fourth-order valence-corrected chi connectivity index (χ4v) is 2.41. The average Bonchev–Trinajstić information content (AvgIpc) is 2.49. The topological polar surface area (TPSA) is 59.6 Å². The van der Waals surface area contributed by atoms with Gasteiger partial charge in [0.25, 0.3) is 0 Å². The Labute approximate surface area is 156 Å². The Balaban J connectivity index is 0.00000288. The summed E-state index contributed by atoms with van der Waals surface area (Å²) in [6, 6.07) is 5.71. The van der Waals surface area contributed by atoms with Crippen LogP contribution in [0.2, 0.25) is 0 Å². The molecule has 3 N–H and O–H groups in total. The minimum absolute atomic E-state index is 0. The van der Waals surface area contributed by atoms with Gasteiger partial charge in [-0.2, -0.15) is 0 Å². The summed E-state index contributed by atoms with van der Waals surface area (Å²) < 4.78 is 41.0. The van der Waals surface area contributed by atoms with E-state index in [0.717, 1.165) is 19.3 Å². The van der Waals surface area contributed by atoms with Crippen molar-refractivity contribution < 1.29 is 17.9 Å². The van der Waals surface area contributed by atoms with Crippen LogP contribution in [0.25, 0.3) is 0 Å². The van der Waals surface area contributed by atoms with Crippen LogP contribution in [0.5, 0.6) is 5.75 Å². The lowest BCUT2D eigenvalue weighted by molar-refractivity contribution is -0.274. The minimum Gasteiger partial charge on any atom is -0.404 e. The minimum atomic E-state index is -4.75. The van der Waals surface area contributed by atoms with Gasteiger partial charge in [0.15, 0.2) is 11.7 Å². The first kappa shape index (κ1) is 20.6. The van der Waals surface area contributed by atoms with Crippen molar-refractivity contribution in [2.45, 2.75) is 38.5 Å². The highest BCUT2D eigenvalue weighted by atomic mass is 127. The molecule has 24 heavy (non-hydrogen) atoms. The maximum atomic E-state index is 12.3. The maximum Gasteiger partial charge on any atom is 0.573 e. The largest absolute Gasteiger partial charge is 0.573 e. The number of ether oxygens (including phenoxy) is 1. The lowest BCUT2D eigenvalue weighted by Gasteiger charge is -2.14. The van der Waals surface area contributed by atoms with E-state index in [1.165, 1.54) is 36.6 Å². The highest BCUT2D eigenvalue weighted by Crippen LogP contribution is 2.29. The van der Waals surface area contributed by atoms with Crippen LogP contribution >= 0.6 is 24.0 Å². The highest BCUT2D eigenvalue weighted by Gasteiger charge is 2.32. The van der Waals surface area contributed by atoms with E-state index in [2.05, 4.69) is 21.1 Å². The number of alkyl halides is 3. The third kappa shape index (κ3) is 7.41. The molecule has 0 spiro atoms. The number of para-hydroxylation sites is 2. The molecule has 1 aliphatic carbocycles. The Bertz CT molecular complexity index is 588. The van der Waals surface area contributed by atoms with Gasteiger partial charge in [-0.25, -0.2) is 0 Å². The first-order valence-corrected chi connectivity index (χ1v) is 7.54. The molecule has 8 heteroatoms. The second-order valence-electron chi connectivity index (χ2n) is 5.29. The fourth-order valence-electron chi connectivity index (χ4n) is 2.41. The van der Waals surface area contributed by atoms with Crippen LogP contribution < -0.4 is 15.8 Å². The summed E-state index contributed by atoms with van der Waals surface area (Å²) in [7, 11) is 0. The van der Waals surface area contributed by atoms with Crippen molar-refractivity contribution in [2.75, 3.05) is 11.9 Å². The molecule has 0 fully saturated rings. The number of guanidine groups is 1. The lowest BCUT2D eigenvalue weighted by atomic mass is 9.97. The van der Waals surface area contributed by atoms with Crippen molar-refractivity contribution >= 4 is 35.6 Å². The molecule has 0 saturated heterocycles. The Morgan fingerprint density at radius 3 is 2.67 bits per heavy atom. The van der Waals surface area contributed by atoms with Gasteiger partial charge >= 0.3 is 6.36 Å². The van der Waals surface area contributed by atoms with Gasteiger partial charge in [0.2, 0.25) is 0 Å². The van der Waals surface area contributed by atoms with Crippen LogP contribution in [0.4, 0.5) is 18.9 Å². The number of anilines is 1. The predicted molar refractivity (Wildman–Crippen MR) is 99.8 cm³/mol. The molecule has 0 saturated carbocycles. The molecule has 4 nitrogen and oxygen atoms in total. The molecule has 1 aliphatic rings. The van der Waals surface area contributed by atoms with E-state index < -0.39 is 6.36 Å². The van der Waals surface area contributed by atoms with Crippen molar-refractivity contribution in [2.24, 2.45) is 10.7 Å². The van der Waals surface area contributed by atoms with E-state index in [-0.39, 0.29) is 41.4 Å². The molecule has 0 amide bonds. The standard InChI is InChI=1S/C16H20F3N3O.HI/c17-16(18,19)23-14-9-5-4-8-13(14)22-15(20)21-11-10-12-6-2-1-3-7-12;/h4-6,8-9H,1-3,7,10-11H2,(H3,20,21,22);1H. The summed E-state index contributed by atoms with van der Waals surface area (Å²) in [5, 5.41) is 2.65. The molecule has 0 unspecified atom stereocenters. The van der Waals surface area contributed by atoms with E-state index in [1.54, 1.807) is 6.07 Å². The van der Waals surface area contributed by atoms with Crippen molar-refractivity contribution in [3.63, 3.8) is 0 Å². The Morgan fingerprint density at radius 2 is 2.00 bits per heavy atom. The molecule has 1 aromatic rings. The van der Waals surface area contributed by atoms with Gasteiger partial charge in [-0.05, 0) is 44.2 Å². The van der Waals surface area contributed by atoms with Gasteiger partial charge in [-0.1, -0.05) is 23.8 Å². The van der Waals surface area contributed by atoms with Crippen LogP contribution in [-0.4, -0.2) is 18.9 Å². The molecule has 0 bridgehead atoms. The number of aliphatic imine (C=N–C) groups is 1. The fraction of sp³-hybridized carbons (Fsp3) is 0.438. The van der Waals surface area contributed by atoms with Gasteiger partial charge in [-0.3, -0.25) is 4.99 Å². The first-order valence-electron chi connectivity index (χ1n) is 7.54. The summed E-state index contributed by atoms with van der Waals surface area (Å²) in [5.74, 6) is -0.271. The molecule has 134 valence electrons. The molecule has 0 heterocycles. The van der Waals surface area contributed by atoms with E-state index in [9.17, 15) is 13.2 Å². The molecule has 2 rings (SSSR count). The second kappa shape index (κ2) is 9.75. The zero-order chi connectivity index (χ0) is 16.7. The third-order valence-corrected chi connectivity index (χ3v) is 3.48. The average molecular weight is 455 g/mol. The summed E-state index contributed by atoms with van der Waals surface area (Å²) >= 11 is 0. The molecule has 1 aromatic carbocycles. The van der Waals surface area contributed by atoms with E-state index in [1.807, 2.05) is 0 Å². The molecular formula is C16H21F3IN3O. The molecular weight excluding hydrogens is 434 g/mol. The summed E-state index contributed by atoms with van der Waals surface area (Å²) in [5.41, 5.74) is 7.23. The molecule has 0 aliphatic heterocycles. The Kier molecular flexibility index (Phi) is 8.37. The maximum absolute atomic E-state index is 12.3. The van der Waals surface area contributed by atoms with Crippen LogP contribution in [0.1, 0.15) is 32.1 Å². The Morgan fingerprint density at radius 1 is 1.25 bits per heavy atom. The van der Waals surface area contributed by atoms with Crippen molar-refractivity contribution in [3.8, 4) is 5.75 Å². The first-order chi connectivity index (χ1) is 10.9. The summed E-state index contributed by atoms with van der Waals surface area (Å²) in [4.78, 5) is 4.16. The quantitative estimate of drug-likeness (QED) is 0.290. The SMILES string of the molecule is I.NC(=NCCC1=CCCCC1)Nc1ccccc1OC(F)(F)F. The number of nitrogens with zero attached hydrogens (tertiary/aromatic N) is 1. The second-order valence-corrected chi connectivity index (χ2v) is 5.29. The van der Waals surface area contributed by atoms with Crippen molar-refractivity contribution in [1.29, 1.82) is 0 Å². The number of nitrogens with two attached hydrogens (primary N) is 1. The molecule has 0 atom stereocenters. The zero-order valence-electron chi connectivity index (χ0n) is 13.1. The predicted octanol–water partition coefficient (Wildman–Crippen LogP) is 4.82. The van der Waals surface area contributed by atoms with Gasteiger partial charge < -0.3 is 15.8 Å². The number of allylic oxidation sites excluding steroid dienone is 1. The lowest BCUT2D eigenvalue weighted by Crippen LogP contribution is -2.24. The van der Waals surface area contributed by atoms with Crippen molar-refractivity contribution in [3.05, 3.63) is 35.9 Å². The van der Waals surface area contributed by atoms with Crippen LogP contribution in [0.3, 0.4) is 0 Å². The smallest absolute Gasteiger partial charge is 0.404 e. The highest BCUT2D eigenvalue weighted by molar-refractivity contribution is 14.0. The summed E-state index contributed by atoms with van der Waals surface area (Å²) in [6.45, 7) is 0.507. The summed E-state index contributed by atoms with van der Waals surface area (Å²) in [6.07, 6.45) is 2.92. The van der Waals surface area contributed by atoms with Gasteiger partial charge in [-0.15, -0.1) is 37.1 Å². The van der Waals surface area contributed by atoms with Gasteiger partial charge in [0.05, 0.1) is 5.69 Å². The molecule has 0 radical (unpaired) electrons. The number of benzene rings is 1. The van der Waals surface area contributed by atoms with E-state index in [0.29, 0.717) is 6.54 Å². The Hall–Kier alpha value is -1.45. The van der Waals surface area contributed by atoms with E-state index in [4.69, 9.17) is 5.73 Å². The number of rotatable bonds is 5. The third-order valence-electron chi connectivity index (χ3n) is 3.48. The number of hydrogen-bond acceptors (Lipinski definition) is 2. The van der Waals surface area contributed by atoms with Crippen molar-refractivity contribution in [1.82, 2.24) is 0 Å². The van der Waals surface area contributed by atoms with Gasteiger partial charge in [0.1, 0.15) is 0 Å². The zero-order valence-corrected chi connectivity index (χ0v) is 15.4. The normalized spacial score (nSPS) is 15.3. The number of nitrogens with one attached hydrogen (secondary N) is 1. The van der Waals surface area contributed by atoms with E-state index >= 15 is 0 Å². The van der Waals surface area contributed by atoms with Gasteiger partial charge in [0, 0.05) is 6.54 Å². The number of halogens is 4. The van der Waals surface area contributed by atoms with Crippen LogP contribution in [0, 0.1) is 0 Å².